The van der Waals surface area contributed by atoms with Crippen LogP contribution in [-0.4, -0.2) is 28.0 Å². The second kappa shape index (κ2) is 7.22. The summed E-state index contributed by atoms with van der Waals surface area (Å²) in [6.45, 7) is 3.29. The summed E-state index contributed by atoms with van der Waals surface area (Å²) in [6, 6.07) is 3.55. The van der Waals surface area contributed by atoms with Crippen LogP contribution in [0.4, 0.5) is 13.2 Å². The quantitative estimate of drug-likeness (QED) is 0.839. The second-order valence-electron chi connectivity index (χ2n) is 5.65. The van der Waals surface area contributed by atoms with Crippen LogP contribution in [-0.2, 0) is 11.0 Å². The number of amides is 1. The molecule has 9 heteroatoms. The minimum absolute atomic E-state index is 0.0377. The first kappa shape index (κ1) is 18.9. The van der Waals surface area contributed by atoms with Crippen LogP contribution in [0.3, 0.4) is 0 Å². The van der Waals surface area contributed by atoms with Gasteiger partial charge in [0.15, 0.2) is 0 Å². The smallest absolute Gasteiger partial charge is 0.416 e. The van der Waals surface area contributed by atoms with Crippen LogP contribution in [0.15, 0.2) is 29.6 Å². The van der Waals surface area contributed by atoms with Gasteiger partial charge in [-0.05, 0) is 18.1 Å². The van der Waals surface area contributed by atoms with Crippen LogP contribution in [0.5, 0.6) is 0 Å². The monoisotopic (exact) mass is 372 g/mol. The predicted octanol–water partition coefficient (Wildman–Crippen LogP) is 3.67. The molecule has 0 aliphatic heterocycles. The summed E-state index contributed by atoms with van der Waals surface area (Å²) in [7, 11) is 0. The summed E-state index contributed by atoms with van der Waals surface area (Å²) < 4.78 is 38.3. The minimum atomic E-state index is -4.47. The van der Waals surface area contributed by atoms with E-state index in [0.29, 0.717) is 0 Å². The van der Waals surface area contributed by atoms with Gasteiger partial charge >= 0.3 is 12.1 Å². The molecule has 0 spiro atoms. The lowest BCUT2D eigenvalue weighted by Gasteiger charge is -2.16. The third kappa shape index (κ3) is 4.56. The molecule has 2 rings (SSSR count). The lowest BCUT2D eigenvalue weighted by atomic mass is 10.0. The zero-order chi connectivity index (χ0) is 18.8. The second-order valence-corrected chi connectivity index (χ2v) is 6.51. The normalized spacial score (nSPS) is 12.9. The highest BCUT2D eigenvalue weighted by atomic mass is 32.1. The van der Waals surface area contributed by atoms with Crippen molar-refractivity contribution >= 4 is 23.2 Å². The van der Waals surface area contributed by atoms with Gasteiger partial charge in [0.1, 0.15) is 16.7 Å². The first-order chi connectivity index (χ1) is 11.6. The molecule has 0 aliphatic rings. The SMILES string of the molecule is CC(C)[C@@H](NC(=O)c1csc(-c2cccc(C(F)(F)F)c2)n1)C(=O)O. The fourth-order valence-corrected chi connectivity index (χ4v) is 2.87. The lowest BCUT2D eigenvalue weighted by Crippen LogP contribution is -2.44. The summed E-state index contributed by atoms with van der Waals surface area (Å²) in [6.07, 6.45) is -4.47. The van der Waals surface area contributed by atoms with Crippen LogP contribution >= 0.6 is 11.3 Å². The fraction of sp³-hybridized carbons (Fsp3) is 0.312. The predicted molar refractivity (Wildman–Crippen MR) is 86.3 cm³/mol. The van der Waals surface area contributed by atoms with E-state index in [1.165, 1.54) is 17.5 Å². The Balaban J connectivity index is 2.23. The zero-order valence-corrected chi connectivity index (χ0v) is 14.1. The van der Waals surface area contributed by atoms with Crippen molar-refractivity contribution in [2.45, 2.75) is 26.1 Å². The number of nitrogens with one attached hydrogen (secondary N) is 1. The zero-order valence-electron chi connectivity index (χ0n) is 13.3. The summed E-state index contributed by atoms with van der Waals surface area (Å²) in [5.74, 6) is -2.18. The molecule has 0 aliphatic carbocycles. The Labute approximate surface area is 145 Å². The molecule has 2 N–H and O–H groups in total. The van der Waals surface area contributed by atoms with Crippen molar-refractivity contribution in [1.29, 1.82) is 0 Å². The van der Waals surface area contributed by atoms with E-state index in [2.05, 4.69) is 10.3 Å². The van der Waals surface area contributed by atoms with E-state index >= 15 is 0 Å². The summed E-state index contributed by atoms with van der Waals surface area (Å²) in [5.41, 5.74) is -0.612. The van der Waals surface area contributed by atoms with Gasteiger partial charge in [-0.1, -0.05) is 26.0 Å². The molecule has 0 saturated carbocycles. The van der Waals surface area contributed by atoms with Crippen LogP contribution in [0.2, 0.25) is 0 Å². The van der Waals surface area contributed by atoms with E-state index in [1.807, 2.05) is 0 Å². The molecule has 5 nitrogen and oxygen atoms in total. The van der Waals surface area contributed by atoms with Crippen molar-refractivity contribution < 1.29 is 27.9 Å². The van der Waals surface area contributed by atoms with Crippen molar-refractivity contribution in [2.75, 3.05) is 0 Å². The van der Waals surface area contributed by atoms with Crippen molar-refractivity contribution in [3.8, 4) is 10.6 Å². The van der Waals surface area contributed by atoms with E-state index in [4.69, 9.17) is 5.11 Å². The Hall–Kier alpha value is -2.42. The van der Waals surface area contributed by atoms with Crippen molar-refractivity contribution in [3.63, 3.8) is 0 Å². The molecule has 1 aromatic heterocycles. The number of aliphatic carboxylic acids is 1. The van der Waals surface area contributed by atoms with Crippen molar-refractivity contribution in [3.05, 3.63) is 40.9 Å². The van der Waals surface area contributed by atoms with Crippen LogP contribution in [0.1, 0.15) is 29.9 Å². The first-order valence-corrected chi connectivity index (χ1v) is 8.14. The van der Waals surface area contributed by atoms with Crippen LogP contribution in [0.25, 0.3) is 10.6 Å². The molecule has 0 fully saturated rings. The molecule has 0 bridgehead atoms. The van der Waals surface area contributed by atoms with E-state index in [1.54, 1.807) is 13.8 Å². The molecule has 25 heavy (non-hydrogen) atoms. The number of alkyl halides is 3. The number of thiazole rings is 1. The molecule has 1 heterocycles. The topological polar surface area (TPSA) is 79.3 Å². The van der Waals surface area contributed by atoms with Gasteiger partial charge in [0.2, 0.25) is 0 Å². The number of nitrogens with zero attached hydrogens (tertiary/aromatic N) is 1. The number of carboxylic acids is 1. The van der Waals surface area contributed by atoms with Gasteiger partial charge in [-0.2, -0.15) is 13.2 Å². The average molecular weight is 372 g/mol. The highest BCUT2D eigenvalue weighted by molar-refractivity contribution is 7.13. The Morgan fingerprint density at radius 1 is 1.28 bits per heavy atom. The molecule has 1 atom stereocenters. The lowest BCUT2D eigenvalue weighted by molar-refractivity contribution is -0.140. The van der Waals surface area contributed by atoms with Crippen molar-refractivity contribution in [2.24, 2.45) is 5.92 Å². The molecule has 1 amide bonds. The third-order valence-corrected chi connectivity index (χ3v) is 4.28. The van der Waals surface area contributed by atoms with Gasteiger partial charge in [0.25, 0.3) is 5.91 Å². The van der Waals surface area contributed by atoms with Gasteiger partial charge in [0.05, 0.1) is 5.56 Å². The Morgan fingerprint density at radius 3 is 2.52 bits per heavy atom. The van der Waals surface area contributed by atoms with E-state index in [9.17, 15) is 22.8 Å². The van der Waals surface area contributed by atoms with E-state index in [-0.39, 0.29) is 22.2 Å². The number of carbonyl (C=O) groups is 2. The van der Waals surface area contributed by atoms with Crippen LogP contribution < -0.4 is 5.32 Å². The third-order valence-electron chi connectivity index (χ3n) is 3.39. The molecule has 1 aromatic carbocycles. The number of carbonyl (C=O) groups excluding carboxylic acids is 1. The largest absolute Gasteiger partial charge is 0.480 e. The number of rotatable bonds is 5. The number of carboxylic acid groups (broad SMARTS) is 1. The van der Waals surface area contributed by atoms with Gasteiger partial charge in [-0.3, -0.25) is 4.79 Å². The highest BCUT2D eigenvalue weighted by Crippen LogP contribution is 2.33. The van der Waals surface area contributed by atoms with Gasteiger partial charge in [0, 0.05) is 10.9 Å². The molecule has 134 valence electrons. The number of aromatic nitrogens is 1. The standard InChI is InChI=1S/C16H15F3N2O3S/c1-8(2)12(15(23)24)21-13(22)11-7-25-14(20-11)9-4-3-5-10(6-9)16(17,18)19/h3-8,12H,1-2H3,(H,21,22)(H,23,24)/t12-/m1/s1. The molecule has 0 saturated heterocycles. The Morgan fingerprint density at radius 2 is 1.96 bits per heavy atom. The highest BCUT2D eigenvalue weighted by Gasteiger charge is 2.31. The van der Waals surface area contributed by atoms with E-state index < -0.39 is 29.7 Å². The average Bonchev–Trinajstić information content (AvgIpc) is 3.01. The maximum Gasteiger partial charge on any atom is 0.416 e. The van der Waals surface area contributed by atoms with Gasteiger partial charge in [-0.25, -0.2) is 9.78 Å². The summed E-state index contributed by atoms with van der Waals surface area (Å²) >= 11 is 1.01. The number of hydrogen-bond donors (Lipinski definition) is 2. The maximum absolute atomic E-state index is 12.8. The van der Waals surface area contributed by atoms with Gasteiger partial charge in [-0.15, -0.1) is 11.3 Å². The first-order valence-electron chi connectivity index (χ1n) is 7.26. The molecule has 0 unspecified atom stereocenters. The Bertz CT molecular complexity index is 787. The van der Waals surface area contributed by atoms with Gasteiger partial charge < -0.3 is 10.4 Å². The minimum Gasteiger partial charge on any atom is -0.480 e. The molecular weight excluding hydrogens is 357 g/mol. The molecular formula is C16H15F3N2O3S. The fourth-order valence-electron chi connectivity index (χ4n) is 2.07. The number of halogens is 3. The summed E-state index contributed by atoms with van der Waals surface area (Å²) in [4.78, 5) is 27.3. The van der Waals surface area contributed by atoms with E-state index in [0.717, 1.165) is 23.5 Å². The van der Waals surface area contributed by atoms with Crippen molar-refractivity contribution in [1.82, 2.24) is 10.3 Å². The number of hydrogen-bond acceptors (Lipinski definition) is 4. The van der Waals surface area contributed by atoms with Crippen LogP contribution in [0, 0.1) is 5.92 Å². The number of benzene rings is 1. The Kier molecular flexibility index (Phi) is 5.46. The summed E-state index contributed by atoms with van der Waals surface area (Å²) in [5, 5.41) is 13.1. The maximum atomic E-state index is 12.8. The molecule has 2 aromatic rings. The molecule has 0 radical (unpaired) electrons.